The molecule has 1 aromatic rings. The van der Waals surface area contributed by atoms with Crippen molar-refractivity contribution < 1.29 is 13.9 Å². The summed E-state index contributed by atoms with van der Waals surface area (Å²) in [4.78, 5) is 11.1. The van der Waals surface area contributed by atoms with Crippen molar-refractivity contribution in [1.82, 2.24) is 0 Å². The van der Waals surface area contributed by atoms with Crippen molar-refractivity contribution in [3.05, 3.63) is 48.1 Å². The highest BCUT2D eigenvalue weighted by atomic mass is 16.5. The van der Waals surface area contributed by atoms with Gasteiger partial charge in [-0.3, -0.25) is 4.79 Å². The first-order valence-corrected chi connectivity index (χ1v) is 6.44. The fourth-order valence-corrected chi connectivity index (χ4v) is 2.80. The van der Waals surface area contributed by atoms with Gasteiger partial charge in [-0.2, -0.15) is 0 Å². The zero-order valence-corrected chi connectivity index (χ0v) is 11.8. The van der Waals surface area contributed by atoms with Crippen LogP contribution in [0.3, 0.4) is 0 Å². The second-order valence-electron chi connectivity index (χ2n) is 5.52. The van der Waals surface area contributed by atoms with Gasteiger partial charge in [0.2, 0.25) is 0 Å². The van der Waals surface area contributed by atoms with Gasteiger partial charge in [0.25, 0.3) is 0 Å². The van der Waals surface area contributed by atoms with Crippen LogP contribution in [0.5, 0.6) is 0 Å². The first-order valence-electron chi connectivity index (χ1n) is 6.44. The average molecular weight is 260 g/mol. The smallest absolute Gasteiger partial charge is 0.307 e. The molecule has 0 spiro atoms. The van der Waals surface area contributed by atoms with E-state index in [4.69, 9.17) is 9.15 Å². The molecule has 0 saturated heterocycles. The molecule has 1 aliphatic rings. The summed E-state index contributed by atoms with van der Waals surface area (Å²) in [7, 11) is 0. The van der Waals surface area contributed by atoms with Gasteiger partial charge in [-0.15, -0.1) is 6.58 Å². The van der Waals surface area contributed by atoms with Crippen molar-refractivity contribution in [2.45, 2.75) is 33.6 Å². The molecule has 19 heavy (non-hydrogen) atoms. The average Bonchev–Trinajstić information content (AvgIpc) is 2.68. The number of hydrogen-bond acceptors (Lipinski definition) is 3. The van der Waals surface area contributed by atoms with E-state index in [0.717, 1.165) is 24.2 Å². The molecule has 2 atom stereocenters. The Morgan fingerprint density at radius 2 is 2.32 bits per heavy atom. The number of furan rings is 1. The summed E-state index contributed by atoms with van der Waals surface area (Å²) < 4.78 is 10.8. The minimum atomic E-state index is -0.328. The van der Waals surface area contributed by atoms with Crippen LogP contribution < -0.4 is 0 Å². The van der Waals surface area contributed by atoms with Crippen LogP contribution >= 0.6 is 0 Å². The molecule has 3 nitrogen and oxygen atoms in total. The standard InChI is InChI=1S/C16H20O3/c1-6-16(5)8-15-13(10(2)9-18-15)7-14(16)11(3)19-12(4)17/h6,9,14H,1,3,7-8H2,2,4-5H3/t14-,16+/m0/s1. The highest BCUT2D eigenvalue weighted by molar-refractivity contribution is 5.67. The Bertz CT molecular complexity index is 538. The van der Waals surface area contributed by atoms with Gasteiger partial charge in [0.05, 0.1) is 6.26 Å². The van der Waals surface area contributed by atoms with E-state index in [9.17, 15) is 4.79 Å². The van der Waals surface area contributed by atoms with Crippen LogP contribution in [0.25, 0.3) is 0 Å². The highest BCUT2D eigenvalue weighted by Crippen LogP contribution is 2.45. The second-order valence-corrected chi connectivity index (χ2v) is 5.52. The van der Waals surface area contributed by atoms with Gasteiger partial charge in [0, 0.05) is 24.7 Å². The molecule has 0 aliphatic heterocycles. The van der Waals surface area contributed by atoms with Crippen LogP contribution in [0, 0.1) is 18.3 Å². The molecule has 0 saturated carbocycles. The van der Waals surface area contributed by atoms with Gasteiger partial charge in [-0.05, 0) is 24.5 Å². The van der Waals surface area contributed by atoms with E-state index >= 15 is 0 Å². The number of fused-ring (bicyclic) bond motifs is 1. The molecular weight excluding hydrogens is 240 g/mol. The topological polar surface area (TPSA) is 39.4 Å². The Kier molecular flexibility index (Phi) is 3.40. The number of allylic oxidation sites excluding steroid dienone is 2. The van der Waals surface area contributed by atoms with E-state index in [1.165, 1.54) is 12.5 Å². The molecule has 1 aliphatic carbocycles. The van der Waals surface area contributed by atoms with Gasteiger partial charge in [0.1, 0.15) is 11.5 Å². The van der Waals surface area contributed by atoms with Crippen molar-refractivity contribution in [2.75, 3.05) is 0 Å². The van der Waals surface area contributed by atoms with Crippen molar-refractivity contribution in [1.29, 1.82) is 0 Å². The Labute approximate surface area is 113 Å². The lowest BCUT2D eigenvalue weighted by molar-refractivity contribution is -0.138. The van der Waals surface area contributed by atoms with Crippen LogP contribution in [0.15, 0.2) is 35.7 Å². The number of hydrogen-bond donors (Lipinski definition) is 0. The Hall–Kier alpha value is -1.77. The Morgan fingerprint density at radius 1 is 1.63 bits per heavy atom. The van der Waals surface area contributed by atoms with Crippen LogP contribution in [-0.4, -0.2) is 5.97 Å². The highest BCUT2D eigenvalue weighted by Gasteiger charge is 2.41. The third-order valence-corrected chi connectivity index (χ3v) is 4.07. The fraction of sp³-hybridized carbons (Fsp3) is 0.438. The van der Waals surface area contributed by atoms with E-state index in [2.05, 4.69) is 20.1 Å². The predicted molar refractivity (Wildman–Crippen MR) is 73.6 cm³/mol. The molecular formula is C16H20O3. The lowest BCUT2D eigenvalue weighted by Crippen LogP contribution is -2.35. The quantitative estimate of drug-likeness (QED) is 0.474. The van der Waals surface area contributed by atoms with E-state index in [1.807, 2.05) is 13.0 Å². The van der Waals surface area contributed by atoms with Gasteiger partial charge in [0.15, 0.2) is 0 Å². The molecule has 1 heterocycles. The molecule has 0 radical (unpaired) electrons. The summed E-state index contributed by atoms with van der Waals surface area (Å²) >= 11 is 0. The van der Waals surface area contributed by atoms with Crippen LogP contribution in [-0.2, 0) is 22.4 Å². The van der Waals surface area contributed by atoms with E-state index in [-0.39, 0.29) is 17.3 Å². The van der Waals surface area contributed by atoms with Crippen LogP contribution in [0.1, 0.15) is 30.7 Å². The summed E-state index contributed by atoms with van der Waals surface area (Å²) in [6, 6.07) is 0. The minimum Gasteiger partial charge on any atom is -0.469 e. The second kappa shape index (κ2) is 4.72. The molecule has 0 unspecified atom stereocenters. The first-order chi connectivity index (χ1) is 8.87. The van der Waals surface area contributed by atoms with Crippen LogP contribution in [0.2, 0.25) is 0 Å². The number of ether oxygens (including phenoxy) is 1. The maximum atomic E-state index is 11.1. The monoisotopic (exact) mass is 260 g/mol. The zero-order chi connectivity index (χ0) is 14.2. The number of carbonyl (C=O) groups is 1. The maximum absolute atomic E-state index is 11.1. The SMILES string of the molecule is C=C[C@]1(C)Cc2occ(C)c2C[C@H]1C(=C)OC(C)=O. The molecule has 0 amide bonds. The van der Waals surface area contributed by atoms with Gasteiger partial charge in [-0.25, -0.2) is 0 Å². The predicted octanol–water partition coefficient (Wildman–Crippen LogP) is 3.57. The Morgan fingerprint density at radius 3 is 2.89 bits per heavy atom. The van der Waals surface area contributed by atoms with Gasteiger partial charge in [-0.1, -0.05) is 19.6 Å². The molecule has 0 fully saturated rings. The molecule has 3 heteroatoms. The zero-order valence-electron chi connectivity index (χ0n) is 11.8. The van der Waals surface area contributed by atoms with Crippen LogP contribution in [0.4, 0.5) is 0 Å². The molecule has 2 rings (SSSR count). The van der Waals surface area contributed by atoms with Crippen molar-refractivity contribution in [3.8, 4) is 0 Å². The van der Waals surface area contributed by atoms with E-state index in [0.29, 0.717) is 5.76 Å². The van der Waals surface area contributed by atoms with Gasteiger partial charge < -0.3 is 9.15 Å². The number of aryl methyl sites for hydroxylation is 1. The van der Waals surface area contributed by atoms with Gasteiger partial charge >= 0.3 is 5.97 Å². The summed E-state index contributed by atoms with van der Waals surface area (Å²) in [5.74, 6) is 1.23. The molecule has 102 valence electrons. The van der Waals surface area contributed by atoms with Crippen molar-refractivity contribution in [3.63, 3.8) is 0 Å². The summed E-state index contributed by atoms with van der Waals surface area (Å²) in [5.41, 5.74) is 2.14. The van der Waals surface area contributed by atoms with E-state index < -0.39 is 0 Å². The van der Waals surface area contributed by atoms with Crippen molar-refractivity contribution in [2.24, 2.45) is 11.3 Å². The number of carbonyl (C=O) groups excluding carboxylic acids is 1. The third kappa shape index (κ3) is 2.37. The maximum Gasteiger partial charge on any atom is 0.307 e. The lowest BCUT2D eigenvalue weighted by atomic mass is 9.66. The Balaban J connectivity index is 2.36. The lowest BCUT2D eigenvalue weighted by Gasteiger charge is -2.38. The largest absolute Gasteiger partial charge is 0.469 e. The fourth-order valence-electron chi connectivity index (χ4n) is 2.80. The third-order valence-electron chi connectivity index (χ3n) is 4.07. The molecule has 0 aromatic carbocycles. The molecule has 1 aromatic heterocycles. The summed E-state index contributed by atoms with van der Waals surface area (Å²) in [6.07, 6.45) is 5.22. The summed E-state index contributed by atoms with van der Waals surface area (Å²) in [5, 5.41) is 0. The summed E-state index contributed by atoms with van der Waals surface area (Å²) in [6.45, 7) is 13.4. The molecule has 0 bridgehead atoms. The van der Waals surface area contributed by atoms with Crippen molar-refractivity contribution >= 4 is 5.97 Å². The molecule has 0 N–H and O–H groups in total. The first kappa shape index (κ1) is 13.7. The van der Waals surface area contributed by atoms with E-state index in [1.54, 1.807) is 6.26 Å². The number of esters is 1. The normalized spacial score (nSPS) is 25.5. The minimum absolute atomic E-state index is 0.0395. The number of rotatable bonds is 3.